The van der Waals surface area contributed by atoms with E-state index in [1.165, 1.54) is 0 Å². The second-order valence-corrected chi connectivity index (χ2v) is 3.84. The van der Waals surface area contributed by atoms with Crippen LogP contribution in [0.5, 0.6) is 0 Å². The van der Waals surface area contributed by atoms with Crippen molar-refractivity contribution in [3.63, 3.8) is 0 Å². The average molecular weight is 222 g/mol. The molecule has 1 aromatic rings. The van der Waals surface area contributed by atoms with Gasteiger partial charge >= 0.3 is 0 Å². The van der Waals surface area contributed by atoms with Gasteiger partial charge in [-0.25, -0.2) is 0 Å². The van der Waals surface area contributed by atoms with Crippen molar-refractivity contribution in [2.45, 2.75) is 25.8 Å². The van der Waals surface area contributed by atoms with Crippen LogP contribution in [0.15, 0.2) is 18.3 Å². The summed E-state index contributed by atoms with van der Waals surface area (Å²) in [5, 5.41) is 3.19. The Morgan fingerprint density at radius 1 is 1.62 bits per heavy atom. The monoisotopic (exact) mass is 222 g/mol. The smallest absolute Gasteiger partial charge is 0.267 e. The number of pyridine rings is 1. The Kier molecular flexibility index (Phi) is 4.72. The number of nitrogens with two attached hydrogens (primary N) is 2. The van der Waals surface area contributed by atoms with E-state index in [1.54, 1.807) is 18.3 Å². The molecule has 0 saturated heterocycles. The van der Waals surface area contributed by atoms with Gasteiger partial charge in [0.15, 0.2) is 0 Å². The van der Waals surface area contributed by atoms with Gasteiger partial charge in [-0.3, -0.25) is 9.78 Å². The highest BCUT2D eigenvalue weighted by Gasteiger charge is 2.02. The maximum atomic E-state index is 10.9. The van der Waals surface area contributed by atoms with E-state index in [-0.39, 0.29) is 11.7 Å². The van der Waals surface area contributed by atoms with Crippen LogP contribution in [-0.2, 0) is 0 Å². The lowest BCUT2D eigenvalue weighted by molar-refractivity contribution is 0.0995. The van der Waals surface area contributed by atoms with E-state index in [0.717, 1.165) is 25.1 Å². The Bertz CT molecular complexity index is 352. The minimum atomic E-state index is -0.515. The predicted octanol–water partition coefficient (Wildman–Crippen LogP) is 0.720. The van der Waals surface area contributed by atoms with Crippen molar-refractivity contribution < 1.29 is 4.79 Å². The molecule has 0 aromatic carbocycles. The molecule has 16 heavy (non-hydrogen) atoms. The van der Waals surface area contributed by atoms with Crippen LogP contribution in [0, 0.1) is 0 Å². The molecule has 0 fully saturated rings. The van der Waals surface area contributed by atoms with Crippen molar-refractivity contribution in [2.75, 3.05) is 11.9 Å². The maximum Gasteiger partial charge on any atom is 0.267 e. The molecule has 1 aromatic heterocycles. The number of nitrogens with one attached hydrogen (secondary N) is 1. The van der Waals surface area contributed by atoms with Gasteiger partial charge in [0.2, 0.25) is 0 Å². The molecular formula is C11H18N4O. The molecule has 0 aliphatic carbocycles. The summed E-state index contributed by atoms with van der Waals surface area (Å²) in [5.41, 5.74) is 11.9. The number of rotatable bonds is 6. The first-order valence-electron chi connectivity index (χ1n) is 5.35. The van der Waals surface area contributed by atoms with E-state index in [0.29, 0.717) is 0 Å². The number of primary amides is 1. The average Bonchev–Trinajstić information content (AvgIpc) is 2.24. The minimum absolute atomic E-state index is 0.223. The van der Waals surface area contributed by atoms with E-state index in [1.807, 2.05) is 6.92 Å². The molecule has 0 spiro atoms. The third-order valence-electron chi connectivity index (χ3n) is 2.18. The van der Waals surface area contributed by atoms with E-state index in [9.17, 15) is 4.79 Å². The van der Waals surface area contributed by atoms with E-state index < -0.39 is 5.91 Å². The number of carbonyl (C=O) groups excluding carboxylic acids is 1. The normalized spacial score (nSPS) is 12.1. The Morgan fingerprint density at radius 2 is 2.38 bits per heavy atom. The number of amides is 1. The van der Waals surface area contributed by atoms with Gasteiger partial charge in [-0.15, -0.1) is 0 Å². The molecule has 1 unspecified atom stereocenters. The zero-order chi connectivity index (χ0) is 12.0. The summed E-state index contributed by atoms with van der Waals surface area (Å²) in [5.74, 6) is -0.515. The van der Waals surface area contributed by atoms with Gasteiger partial charge in [0.25, 0.3) is 5.91 Å². The summed E-state index contributed by atoms with van der Waals surface area (Å²) in [6.45, 7) is 2.81. The molecule has 0 aliphatic heterocycles. The van der Waals surface area contributed by atoms with E-state index in [4.69, 9.17) is 11.5 Å². The fraction of sp³-hybridized carbons (Fsp3) is 0.455. The first-order valence-corrected chi connectivity index (χ1v) is 5.35. The van der Waals surface area contributed by atoms with Crippen LogP contribution < -0.4 is 16.8 Å². The lowest BCUT2D eigenvalue weighted by Crippen LogP contribution is -2.16. The summed E-state index contributed by atoms with van der Waals surface area (Å²) >= 11 is 0. The minimum Gasteiger partial charge on any atom is -0.385 e. The molecular weight excluding hydrogens is 204 g/mol. The van der Waals surface area contributed by atoms with Gasteiger partial charge < -0.3 is 16.8 Å². The molecule has 1 heterocycles. The largest absolute Gasteiger partial charge is 0.385 e. The number of hydrogen-bond acceptors (Lipinski definition) is 4. The Hall–Kier alpha value is -1.62. The van der Waals surface area contributed by atoms with E-state index in [2.05, 4.69) is 10.3 Å². The molecule has 1 rings (SSSR count). The van der Waals surface area contributed by atoms with Crippen LogP contribution in [-0.4, -0.2) is 23.5 Å². The second kappa shape index (κ2) is 6.07. The molecule has 1 atom stereocenters. The molecule has 0 bridgehead atoms. The predicted molar refractivity (Wildman–Crippen MR) is 64.1 cm³/mol. The molecule has 5 heteroatoms. The van der Waals surface area contributed by atoms with E-state index >= 15 is 0 Å². The summed E-state index contributed by atoms with van der Waals surface area (Å²) in [6.07, 6.45) is 3.53. The molecule has 1 amide bonds. The standard InChI is InChI=1S/C11H18N4O/c1-8(12)3-2-5-14-9-4-6-15-10(7-9)11(13)16/h4,6-8H,2-3,5,12H2,1H3,(H2,13,16)(H,14,15). The van der Waals surface area contributed by atoms with Gasteiger partial charge in [0.05, 0.1) is 0 Å². The lowest BCUT2D eigenvalue weighted by atomic mass is 10.2. The van der Waals surface area contributed by atoms with Crippen LogP contribution in [0.4, 0.5) is 5.69 Å². The van der Waals surface area contributed by atoms with Crippen molar-refractivity contribution in [1.29, 1.82) is 0 Å². The van der Waals surface area contributed by atoms with Crippen molar-refractivity contribution >= 4 is 11.6 Å². The van der Waals surface area contributed by atoms with Gasteiger partial charge in [-0.05, 0) is 31.9 Å². The third-order valence-corrected chi connectivity index (χ3v) is 2.18. The molecule has 5 nitrogen and oxygen atoms in total. The number of nitrogens with zero attached hydrogens (tertiary/aromatic N) is 1. The summed E-state index contributed by atoms with van der Waals surface area (Å²) in [6, 6.07) is 3.67. The lowest BCUT2D eigenvalue weighted by Gasteiger charge is -2.08. The molecule has 5 N–H and O–H groups in total. The highest BCUT2D eigenvalue weighted by atomic mass is 16.1. The van der Waals surface area contributed by atoms with Crippen molar-refractivity contribution in [1.82, 2.24) is 4.98 Å². The van der Waals surface area contributed by atoms with Crippen molar-refractivity contribution in [3.8, 4) is 0 Å². The van der Waals surface area contributed by atoms with Gasteiger partial charge in [-0.1, -0.05) is 0 Å². The first-order chi connectivity index (χ1) is 7.59. The van der Waals surface area contributed by atoms with Gasteiger partial charge in [0, 0.05) is 24.5 Å². The van der Waals surface area contributed by atoms with Gasteiger partial charge in [-0.2, -0.15) is 0 Å². The maximum absolute atomic E-state index is 10.9. The molecule has 0 aliphatic rings. The van der Waals surface area contributed by atoms with Crippen molar-refractivity contribution in [3.05, 3.63) is 24.0 Å². The number of carbonyl (C=O) groups is 1. The third kappa shape index (κ3) is 4.27. The Balaban J connectivity index is 2.42. The van der Waals surface area contributed by atoms with Crippen LogP contribution in [0.3, 0.4) is 0 Å². The zero-order valence-electron chi connectivity index (χ0n) is 9.44. The SMILES string of the molecule is CC(N)CCCNc1ccnc(C(N)=O)c1. The zero-order valence-corrected chi connectivity index (χ0v) is 9.44. The van der Waals surface area contributed by atoms with Crippen molar-refractivity contribution in [2.24, 2.45) is 11.5 Å². The highest BCUT2D eigenvalue weighted by molar-refractivity contribution is 5.91. The van der Waals surface area contributed by atoms with Crippen LogP contribution in [0.2, 0.25) is 0 Å². The van der Waals surface area contributed by atoms with Crippen LogP contribution in [0.1, 0.15) is 30.3 Å². The molecule has 0 saturated carbocycles. The van der Waals surface area contributed by atoms with Gasteiger partial charge in [0.1, 0.15) is 5.69 Å². The quantitative estimate of drug-likeness (QED) is 0.618. The Morgan fingerprint density at radius 3 is 3.00 bits per heavy atom. The summed E-state index contributed by atoms with van der Waals surface area (Å²) in [4.78, 5) is 14.7. The van der Waals surface area contributed by atoms with Crippen LogP contribution in [0.25, 0.3) is 0 Å². The fourth-order valence-corrected chi connectivity index (χ4v) is 1.33. The number of hydrogen-bond donors (Lipinski definition) is 3. The number of anilines is 1. The first kappa shape index (κ1) is 12.4. The number of aromatic nitrogens is 1. The highest BCUT2D eigenvalue weighted by Crippen LogP contribution is 2.07. The Labute approximate surface area is 95.2 Å². The fourth-order valence-electron chi connectivity index (χ4n) is 1.33. The second-order valence-electron chi connectivity index (χ2n) is 3.84. The summed E-state index contributed by atoms with van der Waals surface area (Å²) in [7, 11) is 0. The molecule has 88 valence electrons. The van der Waals surface area contributed by atoms with Crippen LogP contribution >= 0.6 is 0 Å². The topological polar surface area (TPSA) is 94.0 Å². The summed E-state index contributed by atoms with van der Waals surface area (Å²) < 4.78 is 0. The molecule has 0 radical (unpaired) electrons.